The monoisotopic (exact) mass is 410 g/mol. The number of hydrogen-bond acceptors (Lipinski definition) is 4. The largest absolute Gasteiger partial charge is 0.462 e. The molecule has 2 aromatic carbocycles. The zero-order chi connectivity index (χ0) is 21.6. The predicted octanol–water partition coefficient (Wildman–Crippen LogP) is 6.83. The van der Waals surface area contributed by atoms with Gasteiger partial charge in [0.2, 0.25) is 0 Å². The molecule has 0 heterocycles. The molecule has 4 heteroatoms. The van der Waals surface area contributed by atoms with Crippen LogP contribution in [0.25, 0.3) is 11.1 Å². The molecule has 30 heavy (non-hydrogen) atoms. The highest BCUT2D eigenvalue weighted by Crippen LogP contribution is 2.28. The molecule has 4 nitrogen and oxygen atoms in total. The van der Waals surface area contributed by atoms with E-state index in [-0.39, 0.29) is 11.9 Å². The van der Waals surface area contributed by atoms with E-state index < -0.39 is 0 Å². The molecular formula is C26H34O4. The first-order chi connectivity index (χ1) is 14.7. The van der Waals surface area contributed by atoms with Crippen molar-refractivity contribution in [2.24, 2.45) is 0 Å². The molecule has 0 aliphatic carbocycles. The summed E-state index contributed by atoms with van der Waals surface area (Å²) in [5, 5.41) is 0. The summed E-state index contributed by atoms with van der Waals surface area (Å²) in [4.78, 5) is 25.4. The van der Waals surface area contributed by atoms with Gasteiger partial charge in [-0.1, -0.05) is 88.8 Å². The van der Waals surface area contributed by atoms with Crippen LogP contribution in [0.2, 0.25) is 0 Å². The molecular weight excluding hydrogens is 376 g/mol. The van der Waals surface area contributed by atoms with Crippen molar-refractivity contribution >= 4 is 11.9 Å². The number of hydrogen-bond donors (Lipinski definition) is 0. The van der Waals surface area contributed by atoms with Gasteiger partial charge in [0.1, 0.15) is 0 Å². The van der Waals surface area contributed by atoms with Crippen molar-refractivity contribution in [3.63, 3.8) is 0 Å². The summed E-state index contributed by atoms with van der Waals surface area (Å²) in [5.41, 5.74) is 2.32. The molecule has 2 aromatic rings. The highest BCUT2D eigenvalue weighted by atomic mass is 16.5. The molecule has 0 saturated heterocycles. The lowest BCUT2D eigenvalue weighted by molar-refractivity contribution is 0.0486. The van der Waals surface area contributed by atoms with Gasteiger partial charge in [-0.05, 0) is 36.1 Å². The van der Waals surface area contributed by atoms with Crippen LogP contribution >= 0.6 is 0 Å². The Morgan fingerprint density at radius 3 is 1.40 bits per heavy atom. The summed E-state index contributed by atoms with van der Waals surface area (Å²) < 4.78 is 11.0. The number of benzene rings is 2. The van der Waals surface area contributed by atoms with Gasteiger partial charge in [0.15, 0.2) is 0 Å². The van der Waals surface area contributed by atoms with E-state index >= 15 is 0 Å². The average molecular weight is 411 g/mol. The minimum atomic E-state index is -0.357. The summed E-state index contributed by atoms with van der Waals surface area (Å²) in [6.45, 7) is 5.12. The lowest BCUT2D eigenvalue weighted by Crippen LogP contribution is -2.11. The second-order valence-electron chi connectivity index (χ2n) is 7.48. The lowest BCUT2D eigenvalue weighted by atomic mass is 9.95. The van der Waals surface area contributed by atoms with E-state index in [0.29, 0.717) is 35.5 Å². The van der Waals surface area contributed by atoms with Crippen LogP contribution in [0, 0.1) is 0 Å². The zero-order valence-corrected chi connectivity index (χ0v) is 18.3. The smallest absolute Gasteiger partial charge is 0.338 e. The van der Waals surface area contributed by atoms with Crippen molar-refractivity contribution in [3.05, 3.63) is 59.7 Å². The Balaban J connectivity index is 2.12. The van der Waals surface area contributed by atoms with Crippen molar-refractivity contribution in [1.29, 1.82) is 0 Å². The molecule has 0 bridgehead atoms. The number of ether oxygens (including phenoxy) is 2. The summed E-state index contributed by atoms with van der Waals surface area (Å²) in [7, 11) is 0. The van der Waals surface area contributed by atoms with Crippen molar-refractivity contribution in [2.45, 2.75) is 65.2 Å². The fourth-order valence-electron chi connectivity index (χ4n) is 3.33. The van der Waals surface area contributed by atoms with E-state index in [1.165, 1.54) is 0 Å². The first-order valence-corrected chi connectivity index (χ1v) is 11.2. The average Bonchev–Trinajstić information content (AvgIpc) is 2.78. The van der Waals surface area contributed by atoms with Crippen LogP contribution in [0.15, 0.2) is 48.5 Å². The third kappa shape index (κ3) is 7.33. The topological polar surface area (TPSA) is 52.6 Å². The summed E-state index contributed by atoms with van der Waals surface area (Å²) >= 11 is 0. The van der Waals surface area contributed by atoms with E-state index in [1.54, 1.807) is 12.1 Å². The normalized spacial score (nSPS) is 10.6. The van der Waals surface area contributed by atoms with Gasteiger partial charge >= 0.3 is 11.9 Å². The summed E-state index contributed by atoms with van der Waals surface area (Å²) in [6, 6.07) is 14.5. The molecule has 0 radical (unpaired) electrons. The van der Waals surface area contributed by atoms with Crippen LogP contribution in [-0.2, 0) is 9.47 Å². The maximum Gasteiger partial charge on any atom is 0.338 e. The zero-order valence-electron chi connectivity index (χ0n) is 18.3. The minimum Gasteiger partial charge on any atom is -0.462 e. The van der Waals surface area contributed by atoms with Gasteiger partial charge in [0.05, 0.1) is 24.3 Å². The van der Waals surface area contributed by atoms with Crippen LogP contribution in [0.1, 0.15) is 85.9 Å². The number of carbonyl (C=O) groups excluding carboxylic acids is 2. The molecule has 0 aliphatic rings. The van der Waals surface area contributed by atoms with E-state index in [9.17, 15) is 9.59 Å². The number of esters is 2. The van der Waals surface area contributed by atoms with Gasteiger partial charge in [0.25, 0.3) is 0 Å². The van der Waals surface area contributed by atoms with Gasteiger partial charge in [-0.25, -0.2) is 9.59 Å². The quantitative estimate of drug-likeness (QED) is 0.268. The molecule has 0 unspecified atom stereocenters. The SMILES string of the molecule is CCCCCCOC(=O)c1ccccc1-c1ccccc1C(=O)OCCCCCC. The van der Waals surface area contributed by atoms with E-state index in [2.05, 4.69) is 13.8 Å². The Kier molecular flexibility index (Phi) is 10.7. The Labute approximate surface area is 180 Å². The molecule has 0 N–H and O–H groups in total. The Hall–Kier alpha value is -2.62. The molecule has 0 aromatic heterocycles. The molecule has 0 saturated carbocycles. The standard InChI is InChI=1S/C26H34O4/c1-3-5-7-13-19-29-25(27)23-17-11-9-15-21(23)22-16-10-12-18-24(22)26(28)30-20-14-8-6-4-2/h9-12,15-18H,3-8,13-14,19-20H2,1-2H3. The maximum absolute atomic E-state index is 12.7. The van der Waals surface area contributed by atoms with Gasteiger partial charge in [-0.3, -0.25) is 0 Å². The second kappa shape index (κ2) is 13.6. The van der Waals surface area contributed by atoms with Gasteiger partial charge in [-0.2, -0.15) is 0 Å². The second-order valence-corrected chi connectivity index (χ2v) is 7.48. The molecule has 0 amide bonds. The minimum absolute atomic E-state index is 0.357. The number of unbranched alkanes of at least 4 members (excludes halogenated alkanes) is 6. The maximum atomic E-state index is 12.7. The van der Waals surface area contributed by atoms with Gasteiger partial charge in [0, 0.05) is 0 Å². The fraction of sp³-hybridized carbons (Fsp3) is 0.462. The number of carbonyl (C=O) groups is 2. The Bertz CT molecular complexity index is 730. The molecule has 0 fully saturated rings. The van der Waals surface area contributed by atoms with Crippen molar-refractivity contribution in [1.82, 2.24) is 0 Å². The third-order valence-corrected chi connectivity index (χ3v) is 5.05. The summed E-state index contributed by atoms with van der Waals surface area (Å²) in [5.74, 6) is -0.713. The van der Waals surface area contributed by atoms with Crippen LogP contribution in [0.4, 0.5) is 0 Å². The van der Waals surface area contributed by atoms with Crippen molar-refractivity contribution in [2.75, 3.05) is 13.2 Å². The first kappa shape index (κ1) is 23.7. The van der Waals surface area contributed by atoms with Gasteiger partial charge in [-0.15, -0.1) is 0 Å². The van der Waals surface area contributed by atoms with Crippen molar-refractivity contribution in [3.8, 4) is 11.1 Å². The van der Waals surface area contributed by atoms with Gasteiger partial charge < -0.3 is 9.47 Å². The fourth-order valence-corrected chi connectivity index (χ4v) is 3.33. The van der Waals surface area contributed by atoms with Crippen LogP contribution in [0.3, 0.4) is 0 Å². The highest BCUT2D eigenvalue weighted by molar-refractivity contribution is 6.03. The predicted molar refractivity (Wildman–Crippen MR) is 121 cm³/mol. The molecule has 0 atom stereocenters. The first-order valence-electron chi connectivity index (χ1n) is 11.2. The van der Waals surface area contributed by atoms with Crippen LogP contribution < -0.4 is 0 Å². The molecule has 162 valence electrons. The third-order valence-electron chi connectivity index (χ3n) is 5.05. The molecule has 0 aliphatic heterocycles. The number of rotatable bonds is 13. The molecule has 0 spiro atoms. The van der Waals surface area contributed by atoms with E-state index in [1.807, 2.05) is 36.4 Å². The highest BCUT2D eigenvalue weighted by Gasteiger charge is 2.19. The Morgan fingerprint density at radius 1 is 0.600 bits per heavy atom. The summed E-state index contributed by atoms with van der Waals surface area (Å²) in [6.07, 6.45) is 8.40. The van der Waals surface area contributed by atoms with Crippen LogP contribution in [-0.4, -0.2) is 25.2 Å². The Morgan fingerprint density at radius 2 is 1.00 bits per heavy atom. The van der Waals surface area contributed by atoms with E-state index in [0.717, 1.165) is 51.4 Å². The molecule has 2 rings (SSSR count). The van der Waals surface area contributed by atoms with Crippen molar-refractivity contribution < 1.29 is 19.1 Å². The van der Waals surface area contributed by atoms with E-state index in [4.69, 9.17) is 9.47 Å². The lowest BCUT2D eigenvalue weighted by Gasteiger charge is -2.13. The van der Waals surface area contributed by atoms with Crippen LogP contribution in [0.5, 0.6) is 0 Å².